The zero-order valence-electron chi connectivity index (χ0n) is 14.4. The second kappa shape index (κ2) is 7.37. The molecule has 0 aliphatic heterocycles. The van der Waals surface area contributed by atoms with Crippen molar-refractivity contribution in [3.8, 4) is 0 Å². The number of benzene rings is 1. The van der Waals surface area contributed by atoms with E-state index in [9.17, 15) is 4.79 Å². The molecule has 1 aromatic carbocycles. The van der Waals surface area contributed by atoms with Crippen LogP contribution >= 0.6 is 0 Å². The average molecular weight is 316 g/mol. The summed E-state index contributed by atoms with van der Waals surface area (Å²) in [6.07, 6.45) is 0.729. The van der Waals surface area contributed by atoms with Crippen LogP contribution in [-0.2, 0) is 11.2 Å². The summed E-state index contributed by atoms with van der Waals surface area (Å²) >= 11 is 0. The van der Waals surface area contributed by atoms with Crippen LogP contribution in [0.15, 0.2) is 22.7 Å². The number of aryl methyl sites for hydroxylation is 3. The lowest BCUT2D eigenvalue weighted by Gasteiger charge is -2.21. The molecule has 0 aliphatic carbocycles. The van der Waals surface area contributed by atoms with Crippen molar-refractivity contribution in [3.05, 3.63) is 41.0 Å². The topological polar surface area (TPSA) is 71.3 Å². The van der Waals surface area contributed by atoms with Crippen molar-refractivity contribution in [2.24, 2.45) is 0 Å². The molecular formula is C17H24N4O2. The first-order valence-corrected chi connectivity index (χ1v) is 7.81. The fourth-order valence-electron chi connectivity index (χ4n) is 2.32. The third-order valence-corrected chi connectivity index (χ3v) is 3.96. The monoisotopic (exact) mass is 316 g/mol. The van der Waals surface area contributed by atoms with Crippen LogP contribution in [0.5, 0.6) is 0 Å². The highest BCUT2D eigenvalue weighted by molar-refractivity contribution is 5.93. The molecular weight excluding hydrogens is 292 g/mol. The van der Waals surface area contributed by atoms with Crippen LogP contribution in [0.4, 0.5) is 5.69 Å². The molecule has 0 saturated heterocycles. The largest absolute Gasteiger partial charge is 0.338 e. The fourth-order valence-corrected chi connectivity index (χ4v) is 2.32. The highest BCUT2D eigenvalue weighted by Gasteiger charge is 2.20. The molecule has 6 heteroatoms. The number of likely N-dealkylation sites (N-methyl/N-ethyl adjacent to an activating group) is 1. The number of nitrogens with one attached hydrogen (secondary N) is 1. The van der Waals surface area contributed by atoms with Gasteiger partial charge in [0.15, 0.2) is 5.82 Å². The molecule has 23 heavy (non-hydrogen) atoms. The van der Waals surface area contributed by atoms with Gasteiger partial charge in [0.25, 0.3) is 0 Å². The van der Waals surface area contributed by atoms with E-state index in [-0.39, 0.29) is 18.5 Å². The third-order valence-electron chi connectivity index (χ3n) is 3.96. The number of hydrogen-bond acceptors (Lipinski definition) is 5. The Morgan fingerprint density at radius 2 is 2.00 bits per heavy atom. The quantitative estimate of drug-likeness (QED) is 0.887. The Kier molecular flexibility index (Phi) is 5.50. The number of anilines is 1. The highest BCUT2D eigenvalue weighted by Crippen LogP contribution is 2.20. The van der Waals surface area contributed by atoms with Crippen molar-refractivity contribution in [2.75, 3.05) is 18.9 Å². The van der Waals surface area contributed by atoms with Crippen LogP contribution in [0.25, 0.3) is 0 Å². The van der Waals surface area contributed by atoms with Gasteiger partial charge in [-0.05, 0) is 38.9 Å². The Labute approximate surface area is 136 Å². The molecule has 0 unspecified atom stereocenters. The summed E-state index contributed by atoms with van der Waals surface area (Å²) in [5.41, 5.74) is 2.99. The Hall–Kier alpha value is -2.21. The Bertz CT molecular complexity index is 661. The van der Waals surface area contributed by atoms with Crippen LogP contribution < -0.4 is 5.32 Å². The Morgan fingerprint density at radius 1 is 1.35 bits per heavy atom. The molecule has 124 valence electrons. The van der Waals surface area contributed by atoms with E-state index in [0.717, 1.165) is 23.2 Å². The van der Waals surface area contributed by atoms with E-state index in [0.29, 0.717) is 11.7 Å². The summed E-state index contributed by atoms with van der Waals surface area (Å²) in [5, 5.41) is 6.88. The summed E-state index contributed by atoms with van der Waals surface area (Å²) in [6.45, 7) is 8.14. The van der Waals surface area contributed by atoms with Crippen LogP contribution in [0.2, 0.25) is 0 Å². The average Bonchev–Trinajstić information content (AvgIpc) is 2.99. The smallest absolute Gasteiger partial charge is 0.243 e. The second-order valence-corrected chi connectivity index (χ2v) is 5.81. The first-order chi connectivity index (χ1) is 10.9. The Balaban J connectivity index is 1.99. The van der Waals surface area contributed by atoms with Crippen molar-refractivity contribution in [1.29, 1.82) is 0 Å². The van der Waals surface area contributed by atoms with E-state index in [1.54, 1.807) is 0 Å². The zero-order chi connectivity index (χ0) is 17.0. The zero-order valence-corrected chi connectivity index (χ0v) is 14.4. The van der Waals surface area contributed by atoms with Gasteiger partial charge in [0.1, 0.15) is 0 Å². The molecule has 0 saturated carbocycles. The number of hydrogen-bond donors (Lipinski definition) is 1. The van der Waals surface area contributed by atoms with Crippen LogP contribution in [0.1, 0.15) is 42.7 Å². The van der Waals surface area contributed by atoms with Crippen molar-refractivity contribution in [1.82, 2.24) is 15.0 Å². The molecule has 0 fully saturated rings. The number of rotatable bonds is 6. The maximum atomic E-state index is 12.3. The first kappa shape index (κ1) is 17.1. The SMILES string of the molecule is CCc1noc([C@@H](C)N(C)CC(=O)Nc2c(C)cccc2C)n1. The maximum absolute atomic E-state index is 12.3. The van der Waals surface area contributed by atoms with Gasteiger partial charge in [-0.2, -0.15) is 4.98 Å². The lowest BCUT2D eigenvalue weighted by Crippen LogP contribution is -2.32. The number of aromatic nitrogens is 2. The number of carbonyl (C=O) groups is 1. The fraction of sp³-hybridized carbons (Fsp3) is 0.471. The van der Waals surface area contributed by atoms with Gasteiger partial charge in [0.05, 0.1) is 12.6 Å². The molecule has 0 aliphatic rings. The molecule has 0 radical (unpaired) electrons. The highest BCUT2D eigenvalue weighted by atomic mass is 16.5. The first-order valence-electron chi connectivity index (χ1n) is 7.81. The van der Waals surface area contributed by atoms with E-state index in [2.05, 4.69) is 15.5 Å². The molecule has 6 nitrogen and oxygen atoms in total. The summed E-state index contributed by atoms with van der Waals surface area (Å²) in [4.78, 5) is 18.5. The van der Waals surface area contributed by atoms with E-state index in [1.165, 1.54) is 0 Å². The van der Waals surface area contributed by atoms with E-state index in [4.69, 9.17) is 4.52 Å². The van der Waals surface area contributed by atoms with Gasteiger partial charge in [0.2, 0.25) is 11.8 Å². The predicted molar refractivity (Wildman–Crippen MR) is 89.3 cm³/mol. The maximum Gasteiger partial charge on any atom is 0.243 e. The molecule has 1 amide bonds. The number of para-hydroxylation sites is 1. The lowest BCUT2D eigenvalue weighted by atomic mass is 10.1. The number of amides is 1. The van der Waals surface area contributed by atoms with Crippen LogP contribution in [-0.4, -0.2) is 34.5 Å². The number of nitrogens with zero attached hydrogens (tertiary/aromatic N) is 3. The Morgan fingerprint density at radius 3 is 2.57 bits per heavy atom. The van der Waals surface area contributed by atoms with Gasteiger partial charge in [0, 0.05) is 12.1 Å². The number of carbonyl (C=O) groups excluding carboxylic acids is 1. The van der Waals surface area contributed by atoms with Crippen molar-refractivity contribution >= 4 is 11.6 Å². The van der Waals surface area contributed by atoms with Crippen molar-refractivity contribution in [3.63, 3.8) is 0 Å². The van der Waals surface area contributed by atoms with Crippen molar-refractivity contribution in [2.45, 2.75) is 40.2 Å². The summed E-state index contributed by atoms with van der Waals surface area (Å²) in [7, 11) is 1.87. The van der Waals surface area contributed by atoms with Gasteiger partial charge in [-0.15, -0.1) is 0 Å². The van der Waals surface area contributed by atoms with Crippen LogP contribution in [0.3, 0.4) is 0 Å². The second-order valence-electron chi connectivity index (χ2n) is 5.81. The minimum Gasteiger partial charge on any atom is -0.338 e. The molecule has 1 N–H and O–H groups in total. The minimum absolute atomic E-state index is 0.0630. The van der Waals surface area contributed by atoms with Gasteiger partial charge >= 0.3 is 0 Å². The standard InChI is InChI=1S/C17H24N4O2/c1-6-14-18-17(23-20-14)13(4)21(5)10-15(22)19-16-11(2)8-7-9-12(16)3/h7-9,13H,6,10H2,1-5H3,(H,19,22)/t13-/m1/s1. The van der Waals surface area contributed by atoms with Crippen molar-refractivity contribution < 1.29 is 9.32 Å². The van der Waals surface area contributed by atoms with E-state index < -0.39 is 0 Å². The normalized spacial score (nSPS) is 12.4. The molecule has 0 spiro atoms. The van der Waals surface area contributed by atoms with Crippen LogP contribution in [0, 0.1) is 13.8 Å². The third kappa shape index (κ3) is 4.16. The molecule has 1 aromatic heterocycles. The van der Waals surface area contributed by atoms with Gasteiger partial charge in [-0.1, -0.05) is 30.3 Å². The van der Waals surface area contributed by atoms with E-state index >= 15 is 0 Å². The lowest BCUT2D eigenvalue weighted by molar-refractivity contribution is -0.117. The minimum atomic E-state index is -0.119. The molecule has 0 bridgehead atoms. The van der Waals surface area contributed by atoms with Gasteiger partial charge in [-0.25, -0.2) is 0 Å². The predicted octanol–water partition coefficient (Wildman–Crippen LogP) is 2.88. The summed E-state index contributed by atoms with van der Waals surface area (Å²) in [5.74, 6) is 1.15. The van der Waals surface area contributed by atoms with Gasteiger partial charge in [-0.3, -0.25) is 9.69 Å². The molecule has 1 heterocycles. The summed E-state index contributed by atoms with van der Waals surface area (Å²) in [6, 6.07) is 5.83. The van der Waals surface area contributed by atoms with E-state index in [1.807, 2.05) is 57.8 Å². The van der Waals surface area contributed by atoms with Gasteiger partial charge < -0.3 is 9.84 Å². The molecule has 1 atom stereocenters. The summed E-state index contributed by atoms with van der Waals surface area (Å²) < 4.78 is 5.24. The molecule has 2 rings (SSSR count). The molecule has 2 aromatic rings.